The quantitative estimate of drug-likeness (QED) is 0.749. The van der Waals surface area contributed by atoms with Crippen molar-refractivity contribution in [3.63, 3.8) is 0 Å². The molecular formula is C23H34N2O2. The van der Waals surface area contributed by atoms with E-state index < -0.39 is 0 Å². The second-order valence-electron chi connectivity index (χ2n) is 8.90. The van der Waals surface area contributed by atoms with Gasteiger partial charge in [-0.1, -0.05) is 36.8 Å². The molecule has 1 aromatic carbocycles. The van der Waals surface area contributed by atoms with Gasteiger partial charge in [-0.25, -0.2) is 0 Å². The highest BCUT2D eigenvalue weighted by atomic mass is 16.5. The van der Waals surface area contributed by atoms with Crippen LogP contribution in [0.3, 0.4) is 0 Å². The maximum Gasteiger partial charge on any atom is 0.229 e. The molecule has 4 nitrogen and oxygen atoms in total. The van der Waals surface area contributed by atoms with Crippen molar-refractivity contribution < 1.29 is 9.53 Å². The summed E-state index contributed by atoms with van der Waals surface area (Å²) in [5, 5.41) is 0. The molecule has 3 aliphatic rings. The monoisotopic (exact) mass is 370 g/mol. The van der Waals surface area contributed by atoms with Crippen LogP contribution in [-0.2, 0) is 16.0 Å². The van der Waals surface area contributed by atoms with Gasteiger partial charge in [0.05, 0.1) is 11.5 Å². The van der Waals surface area contributed by atoms with Crippen molar-refractivity contribution in [1.82, 2.24) is 4.90 Å². The molecule has 1 amide bonds. The van der Waals surface area contributed by atoms with Crippen LogP contribution in [0, 0.1) is 17.3 Å². The summed E-state index contributed by atoms with van der Waals surface area (Å²) < 4.78 is 5.93. The molecular weight excluding hydrogens is 336 g/mol. The third-order valence-corrected chi connectivity index (χ3v) is 7.20. The number of likely N-dealkylation sites (tertiary alicyclic amines) is 1. The van der Waals surface area contributed by atoms with Crippen LogP contribution in [0.25, 0.3) is 0 Å². The number of ether oxygens (including phenoxy) is 1. The maximum atomic E-state index is 13.8. The van der Waals surface area contributed by atoms with E-state index in [0.29, 0.717) is 24.5 Å². The van der Waals surface area contributed by atoms with E-state index in [1.807, 2.05) is 0 Å². The first-order chi connectivity index (χ1) is 13.2. The van der Waals surface area contributed by atoms with E-state index in [-0.39, 0.29) is 5.41 Å². The Morgan fingerprint density at radius 1 is 1.15 bits per heavy atom. The molecule has 4 heteroatoms. The number of piperidine rings is 1. The van der Waals surface area contributed by atoms with Crippen LogP contribution in [0.15, 0.2) is 30.3 Å². The highest BCUT2D eigenvalue weighted by Gasteiger charge is 2.56. The SMILES string of the molecule is NCCCOC1CCN(C(=O)C2(Cc3ccccc3)CC3CCC2C3)CC1. The van der Waals surface area contributed by atoms with Gasteiger partial charge >= 0.3 is 0 Å². The Labute approximate surface area is 163 Å². The lowest BCUT2D eigenvalue weighted by atomic mass is 9.68. The summed E-state index contributed by atoms with van der Waals surface area (Å²) in [5.74, 6) is 1.77. The highest BCUT2D eigenvalue weighted by molar-refractivity contribution is 5.84. The van der Waals surface area contributed by atoms with Gasteiger partial charge < -0.3 is 15.4 Å². The molecule has 2 saturated carbocycles. The molecule has 0 radical (unpaired) electrons. The van der Waals surface area contributed by atoms with E-state index in [4.69, 9.17) is 10.5 Å². The summed E-state index contributed by atoms with van der Waals surface area (Å²) in [6.07, 6.45) is 8.98. The maximum absolute atomic E-state index is 13.8. The van der Waals surface area contributed by atoms with Crippen molar-refractivity contribution >= 4 is 5.91 Å². The molecule has 0 aromatic heterocycles. The van der Waals surface area contributed by atoms with E-state index in [9.17, 15) is 4.79 Å². The Morgan fingerprint density at radius 3 is 2.56 bits per heavy atom. The molecule has 3 unspecified atom stereocenters. The van der Waals surface area contributed by atoms with Crippen molar-refractivity contribution in [2.24, 2.45) is 23.0 Å². The number of amides is 1. The summed E-state index contributed by atoms with van der Waals surface area (Å²) in [4.78, 5) is 15.9. The number of nitrogens with two attached hydrogens (primary N) is 1. The van der Waals surface area contributed by atoms with Crippen LogP contribution >= 0.6 is 0 Å². The van der Waals surface area contributed by atoms with E-state index in [1.54, 1.807) is 0 Å². The standard InChI is InChI=1S/C23H34N2O2/c24-11-4-14-27-21-9-12-25(13-10-21)22(26)23(16-18-5-2-1-3-6-18)17-19-7-8-20(23)15-19/h1-3,5-6,19-21H,4,7-17,24H2. The van der Waals surface area contributed by atoms with Crippen LogP contribution in [0.2, 0.25) is 0 Å². The number of benzene rings is 1. The molecule has 3 fully saturated rings. The Kier molecular flexibility index (Phi) is 5.84. The van der Waals surface area contributed by atoms with Gasteiger partial charge in [0.25, 0.3) is 0 Å². The lowest BCUT2D eigenvalue weighted by Gasteiger charge is -2.42. The summed E-state index contributed by atoms with van der Waals surface area (Å²) >= 11 is 0. The van der Waals surface area contributed by atoms with Crippen LogP contribution in [0.1, 0.15) is 50.5 Å². The van der Waals surface area contributed by atoms with Crippen molar-refractivity contribution in [1.29, 1.82) is 0 Å². The Hall–Kier alpha value is -1.39. The van der Waals surface area contributed by atoms with Crippen molar-refractivity contribution in [3.05, 3.63) is 35.9 Å². The minimum Gasteiger partial charge on any atom is -0.378 e. The second-order valence-corrected chi connectivity index (χ2v) is 8.90. The molecule has 1 aliphatic heterocycles. The van der Waals surface area contributed by atoms with Gasteiger partial charge in [0.2, 0.25) is 5.91 Å². The summed E-state index contributed by atoms with van der Waals surface area (Å²) in [6.45, 7) is 3.12. The fraction of sp³-hybridized carbons (Fsp3) is 0.696. The molecule has 148 valence electrons. The van der Waals surface area contributed by atoms with Crippen LogP contribution < -0.4 is 5.73 Å². The molecule has 27 heavy (non-hydrogen) atoms. The fourth-order valence-electron chi connectivity index (χ4n) is 5.83. The molecule has 1 heterocycles. The van der Waals surface area contributed by atoms with Gasteiger partial charge in [0.15, 0.2) is 0 Å². The molecule has 2 N–H and O–H groups in total. The van der Waals surface area contributed by atoms with Gasteiger partial charge in [-0.2, -0.15) is 0 Å². The van der Waals surface area contributed by atoms with E-state index >= 15 is 0 Å². The Bertz CT molecular complexity index is 627. The molecule has 1 aromatic rings. The molecule has 3 atom stereocenters. The first-order valence-electron chi connectivity index (χ1n) is 10.9. The smallest absolute Gasteiger partial charge is 0.229 e. The van der Waals surface area contributed by atoms with Crippen molar-refractivity contribution in [2.75, 3.05) is 26.2 Å². The lowest BCUT2D eigenvalue weighted by Crippen LogP contribution is -2.51. The second kappa shape index (κ2) is 8.32. The lowest BCUT2D eigenvalue weighted by molar-refractivity contribution is -0.148. The van der Waals surface area contributed by atoms with Crippen molar-refractivity contribution in [2.45, 2.75) is 57.5 Å². The van der Waals surface area contributed by atoms with Gasteiger partial charge in [0.1, 0.15) is 0 Å². The highest BCUT2D eigenvalue weighted by Crippen LogP contribution is 2.58. The first-order valence-corrected chi connectivity index (χ1v) is 10.9. The zero-order valence-corrected chi connectivity index (χ0v) is 16.4. The number of nitrogens with zero attached hydrogens (tertiary/aromatic N) is 1. The topological polar surface area (TPSA) is 55.6 Å². The summed E-state index contributed by atoms with van der Waals surface area (Å²) in [7, 11) is 0. The predicted molar refractivity (Wildman–Crippen MR) is 107 cm³/mol. The minimum atomic E-state index is -0.155. The van der Waals surface area contributed by atoms with Gasteiger partial charge in [0, 0.05) is 19.7 Å². The fourth-order valence-corrected chi connectivity index (χ4v) is 5.83. The number of carbonyl (C=O) groups is 1. The molecule has 4 rings (SSSR count). The van der Waals surface area contributed by atoms with Gasteiger partial charge in [-0.05, 0) is 68.9 Å². The summed E-state index contributed by atoms with van der Waals surface area (Å²) in [6, 6.07) is 10.7. The number of hydrogen-bond acceptors (Lipinski definition) is 3. The zero-order valence-electron chi connectivity index (χ0n) is 16.4. The molecule has 0 spiro atoms. The van der Waals surface area contributed by atoms with Crippen molar-refractivity contribution in [3.8, 4) is 0 Å². The third-order valence-electron chi connectivity index (χ3n) is 7.20. The van der Waals surface area contributed by atoms with Crippen LogP contribution in [-0.4, -0.2) is 43.2 Å². The number of hydrogen-bond donors (Lipinski definition) is 1. The van der Waals surface area contributed by atoms with E-state index in [2.05, 4.69) is 35.2 Å². The van der Waals surface area contributed by atoms with Crippen LogP contribution in [0.5, 0.6) is 0 Å². The minimum absolute atomic E-state index is 0.155. The van der Waals surface area contributed by atoms with Gasteiger partial charge in [-0.3, -0.25) is 4.79 Å². The zero-order chi connectivity index (χ0) is 18.7. The van der Waals surface area contributed by atoms with E-state index in [0.717, 1.165) is 57.7 Å². The Balaban J connectivity index is 1.43. The van der Waals surface area contributed by atoms with Gasteiger partial charge in [-0.15, -0.1) is 0 Å². The summed E-state index contributed by atoms with van der Waals surface area (Å²) in [5.41, 5.74) is 6.71. The van der Waals surface area contributed by atoms with E-state index in [1.165, 1.54) is 24.8 Å². The molecule has 1 saturated heterocycles. The number of carbonyl (C=O) groups excluding carboxylic acids is 1. The van der Waals surface area contributed by atoms with Crippen LogP contribution in [0.4, 0.5) is 0 Å². The average molecular weight is 371 g/mol. The predicted octanol–water partition coefficient (Wildman–Crippen LogP) is 3.39. The Morgan fingerprint density at radius 2 is 1.93 bits per heavy atom. The average Bonchev–Trinajstić information content (AvgIpc) is 3.31. The number of fused-ring (bicyclic) bond motifs is 2. The molecule has 2 aliphatic carbocycles. The number of rotatable bonds is 7. The largest absolute Gasteiger partial charge is 0.378 e. The first kappa shape index (κ1) is 18.9. The third kappa shape index (κ3) is 3.93. The molecule has 2 bridgehead atoms. The normalized spacial score (nSPS) is 30.8.